The zero-order valence-electron chi connectivity index (χ0n) is 6.93. The van der Waals surface area contributed by atoms with Crippen LogP contribution in [0.2, 0.25) is 0 Å². The molecule has 64 valence electrons. The van der Waals surface area contributed by atoms with Crippen LogP contribution >= 0.6 is 0 Å². The third-order valence-corrected chi connectivity index (χ3v) is 2.12. The van der Waals surface area contributed by atoms with Crippen LogP contribution in [0.5, 0.6) is 0 Å². The van der Waals surface area contributed by atoms with Crippen molar-refractivity contribution in [2.75, 3.05) is 13.2 Å². The molecule has 0 radical (unpaired) electrons. The second-order valence-electron chi connectivity index (χ2n) is 3.61. The molecule has 0 bridgehead atoms. The SMILES string of the molecule is CC1(CC(N)=O)CCCOC1. The standard InChI is InChI=1S/C8H15NO2/c1-8(5-7(9)10)3-2-4-11-6-8/h2-6H2,1H3,(H2,9,10). The maximum atomic E-state index is 10.6. The van der Waals surface area contributed by atoms with E-state index in [-0.39, 0.29) is 11.3 Å². The molecule has 0 saturated carbocycles. The van der Waals surface area contributed by atoms with Crippen molar-refractivity contribution in [2.45, 2.75) is 26.2 Å². The smallest absolute Gasteiger partial charge is 0.218 e. The van der Waals surface area contributed by atoms with Gasteiger partial charge in [0.05, 0.1) is 6.61 Å². The first-order valence-corrected chi connectivity index (χ1v) is 3.98. The van der Waals surface area contributed by atoms with Crippen molar-refractivity contribution < 1.29 is 9.53 Å². The number of hydrogen-bond donors (Lipinski definition) is 1. The number of ether oxygens (including phenoxy) is 1. The van der Waals surface area contributed by atoms with Gasteiger partial charge in [-0.1, -0.05) is 6.92 Å². The van der Waals surface area contributed by atoms with Crippen molar-refractivity contribution in [3.05, 3.63) is 0 Å². The highest BCUT2D eigenvalue weighted by Gasteiger charge is 2.29. The molecule has 0 aromatic rings. The zero-order chi connectivity index (χ0) is 8.32. The molecule has 1 aliphatic rings. The molecule has 0 aromatic carbocycles. The summed E-state index contributed by atoms with van der Waals surface area (Å²) in [4.78, 5) is 10.6. The first-order valence-electron chi connectivity index (χ1n) is 3.98. The summed E-state index contributed by atoms with van der Waals surface area (Å²) >= 11 is 0. The van der Waals surface area contributed by atoms with Gasteiger partial charge in [0.2, 0.25) is 5.91 Å². The van der Waals surface area contributed by atoms with Crippen LogP contribution in [0.1, 0.15) is 26.2 Å². The first-order chi connectivity index (χ1) is 5.12. The normalized spacial score (nSPS) is 31.7. The average molecular weight is 157 g/mol. The minimum Gasteiger partial charge on any atom is -0.381 e. The van der Waals surface area contributed by atoms with Crippen LogP contribution in [0.3, 0.4) is 0 Å². The zero-order valence-corrected chi connectivity index (χ0v) is 6.93. The molecule has 3 heteroatoms. The van der Waals surface area contributed by atoms with Gasteiger partial charge >= 0.3 is 0 Å². The van der Waals surface area contributed by atoms with E-state index in [1.165, 1.54) is 0 Å². The highest BCUT2D eigenvalue weighted by atomic mass is 16.5. The van der Waals surface area contributed by atoms with E-state index in [0.29, 0.717) is 13.0 Å². The third-order valence-electron chi connectivity index (χ3n) is 2.12. The fraction of sp³-hybridized carbons (Fsp3) is 0.875. The van der Waals surface area contributed by atoms with E-state index in [1.807, 2.05) is 0 Å². The number of carbonyl (C=O) groups is 1. The minimum atomic E-state index is -0.224. The van der Waals surface area contributed by atoms with Gasteiger partial charge in [-0.05, 0) is 18.3 Å². The Bertz CT molecular complexity index is 150. The van der Waals surface area contributed by atoms with Crippen molar-refractivity contribution in [1.29, 1.82) is 0 Å². The number of carbonyl (C=O) groups excluding carboxylic acids is 1. The Morgan fingerprint density at radius 2 is 2.45 bits per heavy atom. The van der Waals surface area contributed by atoms with E-state index in [2.05, 4.69) is 6.92 Å². The van der Waals surface area contributed by atoms with Gasteiger partial charge in [-0.25, -0.2) is 0 Å². The van der Waals surface area contributed by atoms with Crippen LogP contribution in [0.25, 0.3) is 0 Å². The van der Waals surface area contributed by atoms with Crippen LogP contribution in [0.4, 0.5) is 0 Å². The van der Waals surface area contributed by atoms with Crippen LogP contribution in [0.15, 0.2) is 0 Å². The lowest BCUT2D eigenvalue weighted by molar-refractivity contribution is -0.122. The molecule has 1 rings (SSSR count). The summed E-state index contributed by atoms with van der Waals surface area (Å²) in [6, 6.07) is 0. The van der Waals surface area contributed by atoms with Crippen LogP contribution < -0.4 is 5.73 Å². The molecule has 1 aliphatic heterocycles. The lowest BCUT2D eigenvalue weighted by atomic mass is 9.81. The van der Waals surface area contributed by atoms with E-state index in [4.69, 9.17) is 10.5 Å². The quantitative estimate of drug-likeness (QED) is 0.640. The fourth-order valence-corrected chi connectivity index (χ4v) is 1.55. The molecule has 1 atom stereocenters. The molecular formula is C8H15NO2. The molecule has 1 heterocycles. The van der Waals surface area contributed by atoms with E-state index >= 15 is 0 Å². The van der Waals surface area contributed by atoms with Gasteiger partial charge < -0.3 is 10.5 Å². The Hall–Kier alpha value is -0.570. The maximum Gasteiger partial charge on any atom is 0.218 e. The molecular weight excluding hydrogens is 142 g/mol. The lowest BCUT2D eigenvalue weighted by Crippen LogP contribution is -2.33. The van der Waals surface area contributed by atoms with Gasteiger partial charge in [-0.3, -0.25) is 4.79 Å². The van der Waals surface area contributed by atoms with Gasteiger partial charge in [-0.2, -0.15) is 0 Å². The van der Waals surface area contributed by atoms with Gasteiger partial charge in [-0.15, -0.1) is 0 Å². The number of hydrogen-bond acceptors (Lipinski definition) is 2. The Balaban J connectivity index is 2.43. The molecule has 1 amide bonds. The number of rotatable bonds is 2. The molecule has 1 fully saturated rings. The summed E-state index contributed by atoms with van der Waals surface area (Å²) in [5.41, 5.74) is 5.12. The van der Waals surface area contributed by atoms with E-state index < -0.39 is 0 Å². The molecule has 0 aromatic heterocycles. The van der Waals surface area contributed by atoms with E-state index in [1.54, 1.807) is 0 Å². The first kappa shape index (κ1) is 8.53. The van der Waals surface area contributed by atoms with Crippen LogP contribution in [0, 0.1) is 5.41 Å². The number of nitrogens with two attached hydrogens (primary N) is 1. The second-order valence-corrected chi connectivity index (χ2v) is 3.61. The van der Waals surface area contributed by atoms with Crippen LogP contribution in [-0.4, -0.2) is 19.1 Å². The van der Waals surface area contributed by atoms with E-state index in [9.17, 15) is 4.79 Å². The summed E-state index contributed by atoms with van der Waals surface area (Å²) in [6.07, 6.45) is 2.55. The summed E-state index contributed by atoms with van der Waals surface area (Å²) < 4.78 is 5.28. The second kappa shape index (κ2) is 3.22. The predicted octanol–water partition coefficient (Wildman–Crippen LogP) is 0.679. The van der Waals surface area contributed by atoms with Gasteiger partial charge in [0.25, 0.3) is 0 Å². The number of amides is 1. The molecule has 11 heavy (non-hydrogen) atoms. The monoisotopic (exact) mass is 157 g/mol. The fourth-order valence-electron chi connectivity index (χ4n) is 1.55. The van der Waals surface area contributed by atoms with Crippen molar-refractivity contribution in [3.63, 3.8) is 0 Å². The third kappa shape index (κ3) is 2.50. The molecule has 3 nitrogen and oxygen atoms in total. The Kier molecular flexibility index (Phi) is 2.49. The molecule has 0 spiro atoms. The summed E-state index contributed by atoms with van der Waals surface area (Å²) in [5, 5.41) is 0. The number of primary amides is 1. The van der Waals surface area contributed by atoms with Gasteiger partial charge in [0.15, 0.2) is 0 Å². The average Bonchev–Trinajstić information content (AvgIpc) is 1.85. The molecule has 1 saturated heterocycles. The molecule has 2 N–H and O–H groups in total. The van der Waals surface area contributed by atoms with Crippen LogP contribution in [-0.2, 0) is 9.53 Å². The van der Waals surface area contributed by atoms with Gasteiger partial charge in [0, 0.05) is 13.0 Å². The molecule has 1 unspecified atom stereocenters. The lowest BCUT2D eigenvalue weighted by Gasteiger charge is -2.32. The summed E-state index contributed by atoms with van der Waals surface area (Å²) in [7, 11) is 0. The Morgan fingerprint density at radius 3 is 2.91 bits per heavy atom. The Morgan fingerprint density at radius 1 is 1.73 bits per heavy atom. The van der Waals surface area contributed by atoms with E-state index in [0.717, 1.165) is 19.4 Å². The Labute approximate surface area is 66.9 Å². The predicted molar refractivity (Wildman–Crippen MR) is 42.0 cm³/mol. The summed E-state index contributed by atoms with van der Waals surface area (Å²) in [5.74, 6) is -0.224. The maximum absolute atomic E-state index is 10.6. The topological polar surface area (TPSA) is 52.3 Å². The highest BCUT2D eigenvalue weighted by molar-refractivity contribution is 5.74. The minimum absolute atomic E-state index is 0.00405. The largest absolute Gasteiger partial charge is 0.381 e. The highest BCUT2D eigenvalue weighted by Crippen LogP contribution is 2.30. The van der Waals surface area contributed by atoms with Crippen molar-refractivity contribution >= 4 is 5.91 Å². The van der Waals surface area contributed by atoms with Crippen molar-refractivity contribution in [3.8, 4) is 0 Å². The molecule has 0 aliphatic carbocycles. The summed E-state index contributed by atoms with van der Waals surface area (Å²) in [6.45, 7) is 3.56. The van der Waals surface area contributed by atoms with Crippen molar-refractivity contribution in [1.82, 2.24) is 0 Å². The van der Waals surface area contributed by atoms with Gasteiger partial charge in [0.1, 0.15) is 0 Å². The van der Waals surface area contributed by atoms with Crippen molar-refractivity contribution in [2.24, 2.45) is 11.1 Å².